The van der Waals surface area contributed by atoms with Crippen molar-refractivity contribution in [1.29, 1.82) is 0 Å². The van der Waals surface area contributed by atoms with Crippen molar-refractivity contribution in [2.45, 2.75) is 0 Å². The van der Waals surface area contributed by atoms with Crippen molar-refractivity contribution in [3.05, 3.63) is 48.2 Å². The van der Waals surface area contributed by atoms with Gasteiger partial charge in [0.05, 0.1) is 5.69 Å². The van der Waals surface area contributed by atoms with Gasteiger partial charge in [0.25, 0.3) is 0 Å². The molecule has 1 aromatic carbocycles. The summed E-state index contributed by atoms with van der Waals surface area (Å²) in [5, 5.41) is 8.51. The summed E-state index contributed by atoms with van der Waals surface area (Å²) < 4.78 is 5.03. The van der Waals surface area contributed by atoms with Crippen LogP contribution in [0.1, 0.15) is 10.4 Å². The number of primary amides is 1. The van der Waals surface area contributed by atoms with Crippen LogP contribution in [0.2, 0.25) is 0 Å². The van der Waals surface area contributed by atoms with Gasteiger partial charge in [0.2, 0.25) is 5.91 Å². The van der Waals surface area contributed by atoms with Crippen LogP contribution >= 0.6 is 0 Å². The Labute approximate surface area is 114 Å². The van der Waals surface area contributed by atoms with Crippen molar-refractivity contribution in [3.63, 3.8) is 0 Å². The van der Waals surface area contributed by atoms with Crippen LogP contribution < -0.4 is 10.5 Å². The molecule has 1 heterocycles. The van der Waals surface area contributed by atoms with Gasteiger partial charge in [-0.25, -0.2) is 4.79 Å². The van der Waals surface area contributed by atoms with Gasteiger partial charge in [-0.2, -0.15) is 0 Å². The fraction of sp³-hybridized carbons (Fsp3) is 0.0714. The number of rotatable bonds is 5. The van der Waals surface area contributed by atoms with E-state index in [1.54, 1.807) is 30.3 Å². The lowest BCUT2D eigenvalue weighted by Gasteiger charge is -2.05. The first-order valence-electron chi connectivity index (χ1n) is 5.77. The molecule has 0 unspecified atom stereocenters. The minimum absolute atomic E-state index is 0.376. The molecule has 0 bridgehead atoms. The second kappa shape index (κ2) is 5.83. The summed E-state index contributed by atoms with van der Waals surface area (Å²) in [6.07, 6.45) is 1.50. The summed E-state index contributed by atoms with van der Waals surface area (Å²) in [6.45, 7) is -0.394. The molecule has 0 atom stereocenters. The minimum atomic E-state index is -1.04. The highest BCUT2D eigenvalue weighted by Gasteiger charge is 2.05. The zero-order valence-electron chi connectivity index (χ0n) is 10.4. The van der Waals surface area contributed by atoms with E-state index < -0.39 is 18.5 Å². The average molecular weight is 272 g/mol. The van der Waals surface area contributed by atoms with E-state index in [9.17, 15) is 9.59 Å². The molecule has 3 N–H and O–H groups in total. The molecule has 0 aliphatic rings. The van der Waals surface area contributed by atoms with E-state index in [1.807, 2.05) is 0 Å². The molecule has 2 aromatic rings. The predicted octanol–water partition coefficient (Wildman–Crippen LogP) is 1.31. The van der Waals surface area contributed by atoms with Crippen molar-refractivity contribution in [1.82, 2.24) is 4.98 Å². The summed E-state index contributed by atoms with van der Waals surface area (Å²) in [4.78, 5) is 25.6. The quantitative estimate of drug-likeness (QED) is 0.854. The Balaban J connectivity index is 2.19. The Morgan fingerprint density at radius 1 is 1.20 bits per heavy atom. The fourth-order valence-corrected chi connectivity index (χ4v) is 1.61. The number of aromatic nitrogens is 1. The fourth-order valence-electron chi connectivity index (χ4n) is 1.61. The molecule has 1 aromatic heterocycles. The third kappa shape index (κ3) is 3.32. The maximum Gasteiger partial charge on any atom is 0.341 e. The van der Waals surface area contributed by atoms with Crippen LogP contribution in [0.3, 0.4) is 0 Å². The van der Waals surface area contributed by atoms with E-state index in [-0.39, 0.29) is 0 Å². The molecule has 0 aliphatic carbocycles. The molecule has 102 valence electrons. The third-order valence-corrected chi connectivity index (χ3v) is 2.56. The zero-order chi connectivity index (χ0) is 14.5. The lowest BCUT2D eigenvalue weighted by Crippen LogP contribution is -2.11. The van der Waals surface area contributed by atoms with E-state index in [4.69, 9.17) is 15.6 Å². The number of amides is 1. The molecule has 0 spiro atoms. The van der Waals surface area contributed by atoms with Crippen LogP contribution in [0.4, 0.5) is 0 Å². The molecule has 0 radical (unpaired) electrons. The van der Waals surface area contributed by atoms with E-state index in [1.165, 1.54) is 12.3 Å². The van der Waals surface area contributed by atoms with Gasteiger partial charge in [-0.15, -0.1) is 0 Å². The number of hydrogen-bond donors (Lipinski definition) is 2. The molecule has 0 fully saturated rings. The van der Waals surface area contributed by atoms with Crippen molar-refractivity contribution in [2.75, 3.05) is 6.61 Å². The van der Waals surface area contributed by atoms with Gasteiger partial charge in [-0.05, 0) is 36.4 Å². The SMILES string of the molecule is NC(=O)c1ccnc(-c2ccc(OCC(=O)O)cc2)c1. The number of nitrogens with zero attached hydrogens (tertiary/aromatic N) is 1. The van der Waals surface area contributed by atoms with Gasteiger partial charge in [-0.3, -0.25) is 9.78 Å². The molecule has 2 rings (SSSR count). The van der Waals surface area contributed by atoms with Crippen LogP contribution in [0.5, 0.6) is 5.75 Å². The van der Waals surface area contributed by atoms with Crippen molar-refractivity contribution in [3.8, 4) is 17.0 Å². The number of pyridine rings is 1. The van der Waals surface area contributed by atoms with Crippen LogP contribution in [0, 0.1) is 0 Å². The molecule has 20 heavy (non-hydrogen) atoms. The van der Waals surface area contributed by atoms with Gasteiger partial charge in [0.15, 0.2) is 6.61 Å². The Bertz CT molecular complexity index is 638. The molecule has 0 aliphatic heterocycles. The van der Waals surface area contributed by atoms with E-state index in [0.29, 0.717) is 17.0 Å². The average Bonchev–Trinajstić information content (AvgIpc) is 2.46. The van der Waals surface area contributed by atoms with Gasteiger partial charge < -0.3 is 15.6 Å². The topological polar surface area (TPSA) is 103 Å². The monoisotopic (exact) mass is 272 g/mol. The molecule has 1 amide bonds. The van der Waals surface area contributed by atoms with Crippen LogP contribution in [0.15, 0.2) is 42.6 Å². The summed E-state index contributed by atoms with van der Waals surface area (Å²) in [7, 11) is 0. The summed E-state index contributed by atoms with van der Waals surface area (Å²) in [6, 6.07) is 9.86. The van der Waals surface area contributed by atoms with Gasteiger partial charge in [0.1, 0.15) is 5.75 Å². The van der Waals surface area contributed by atoms with E-state index in [2.05, 4.69) is 4.98 Å². The number of carboxylic acid groups (broad SMARTS) is 1. The predicted molar refractivity (Wildman–Crippen MR) is 71.3 cm³/mol. The number of nitrogens with two attached hydrogens (primary N) is 1. The van der Waals surface area contributed by atoms with Gasteiger partial charge in [-0.1, -0.05) is 0 Å². The molecule has 6 nitrogen and oxygen atoms in total. The Morgan fingerprint density at radius 3 is 2.50 bits per heavy atom. The number of benzene rings is 1. The number of carbonyl (C=O) groups excluding carboxylic acids is 1. The maximum absolute atomic E-state index is 11.1. The smallest absolute Gasteiger partial charge is 0.341 e. The van der Waals surface area contributed by atoms with E-state index >= 15 is 0 Å². The van der Waals surface area contributed by atoms with E-state index in [0.717, 1.165) is 5.56 Å². The van der Waals surface area contributed by atoms with Gasteiger partial charge in [0, 0.05) is 17.3 Å². The first-order valence-corrected chi connectivity index (χ1v) is 5.77. The number of hydrogen-bond acceptors (Lipinski definition) is 4. The van der Waals surface area contributed by atoms with Gasteiger partial charge >= 0.3 is 5.97 Å². The highest BCUT2D eigenvalue weighted by Crippen LogP contribution is 2.21. The van der Waals surface area contributed by atoms with Crippen LogP contribution in [0.25, 0.3) is 11.3 Å². The zero-order valence-corrected chi connectivity index (χ0v) is 10.4. The summed E-state index contributed by atoms with van der Waals surface area (Å²) in [5.74, 6) is -1.11. The molecule has 0 saturated heterocycles. The Hall–Kier alpha value is -2.89. The standard InChI is InChI=1S/C14H12N2O4/c15-14(19)10-5-6-16-12(7-10)9-1-3-11(4-2-9)20-8-13(17)18/h1-7H,8H2,(H2,15,19)(H,17,18). The van der Waals surface area contributed by atoms with Crippen LogP contribution in [-0.4, -0.2) is 28.6 Å². The first kappa shape index (κ1) is 13.5. The second-order valence-corrected chi connectivity index (χ2v) is 4.00. The van der Waals surface area contributed by atoms with Crippen molar-refractivity contribution in [2.24, 2.45) is 5.73 Å². The first-order chi connectivity index (χ1) is 9.56. The molecular weight excluding hydrogens is 260 g/mol. The normalized spacial score (nSPS) is 10.0. The highest BCUT2D eigenvalue weighted by atomic mass is 16.5. The third-order valence-electron chi connectivity index (χ3n) is 2.56. The minimum Gasteiger partial charge on any atom is -0.482 e. The number of carboxylic acids is 1. The molecular formula is C14H12N2O4. The largest absolute Gasteiger partial charge is 0.482 e. The number of aliphatic carboxylic acids is 1. The second-order valence-electron chi connectivity index (χ2n) is 4.00. The maximum atomic E-state index is 11.1. The Morgan fingerprint density at radius 2 is 1.90 bits per heavy atom. The highest BCUT2D eigenvalue weighted by molar-refractivity contribution is 5.93. The molecule has 0 saturated carbocycles. The van der Waals surface area contributed by atoms with Crippen molar-refractivity contribution >= 4 is 11.9 Å². The summed E-state index contributed by atoms with van der Waals surface area (Å²) >= 11 is 0. The van der Waals surface area contributed by atoms with Crippen molar-refractivity contribution < 1.29 is 19.4 Å². The lowest BCUT2D eigenvalue weighted by atomic mass is 10.1. The van der Waals surface area contributed by atoms with Crippen LogP contribution in [-0.2, 0) is 4.79 Å². The Kier molecular flexibility index (Phi) is 3.95. The number of carbonyl (C=O) groups is 2. The summed E-state index contributed by atoms with van der Waals surface area (Å²) in [5.41, 5.74) is 6.96. The number of ether oxygens (including phenoxy) is 1. The lowest BCUT2D eigenvalue weighted by molar-refractivity contribution is -0.139. The molecule has 6 heteroatoms.